The minimum absolute atomic E-state index is 0.0622. The number of hydrogen-bond donors (Lipinski definition) is 1. The van der Waals surface area contributed by atoms with Gasteiger partial charge in [-0.25, -0.2) is 9.78 Å². The van der Waals surface area contributed by atoms with Crippen LogP contribution in [0.5, 0.6) is 0 Å². The number of carbonyl (C=O) groups is 3. The van der Waals surface area contributed by atoms with E-state index in [0.29, 0.717) is 0 Å². The second-order valence-electron chi connectivity index (χ2n) is 6.77. The number of aromatic nitrogens is 2. The van der Waals surface area contributed by atoms with Gasteiger partial charge in [-0.05, 0) is 26.0 Å². The van der Waals surface area contributed by atoms with E-state index in [0.717, 1.165) is 21.8 Å². The fourth-order valence-electron chi connectivity index (χ4n) is 3.30. The quantitative estimate of drug-likeness (QED) is 0.822. The summed E-state index contributed by atoms with van der Waals surface area (Å²) in [6, 6.07) is 6.88. The number of carbonyl (C=O) groups excluding carboxylic acids is 3. The number of fused-ring (bicyclic) bond motifs is 1. The van der Waals surface area contributed by atoms with E-state index in [-0.39, 0.29) is 30.8 Å². The molecular formula is C18H23N5O3. The number of imidazole rings is 1. The second kappa shape index (κ2) is 6.78. The van der Waals surface area contributed by atoms with Gasteiger partial charge in [-0.3, -0.25) is 14.5 Å². The van der Waals surface area contributed by atoms with Gasteiger partial charge in [0.25, 0.3) is 5.91 Å². The van der Waals surface area contributed by atoms with E-state index in [2.05, 4.69) is 28.7 Å². The highest BCUT2D eigenvalue weighted by atomic mass is 16.2. The lowest BCUT2D eigenvalue weighted by atomic mass is 10.2. The van der Waals surface area contributed by atoms with Gasteiger partial charge in [0.05, 0.1) is 24.0 Å². The van der Waals surface area contributed by atoms with Crippen LogP contribution in [0.4, 0.5) is 4.79 Å². The average Bonchev–Trinajstić information content (AvgIpc) is 3.07. The molecule has 8 nitrogen and oxygen atoms in total. The fraction of sp³-hybridized carbons (Fsp3) is 0.444. The molecule has 1 aliphatic heterocycles. The van der Waals surface area contributed by atoms with Crippen molar-refractivity contribution < 1.29 is 14.4 Å². The largest absolute Gasteiger partial charge is 0.349 e. The normalized spacial score (nSPS) is 17.7. The number of hydrogen-bond acceptors (Lipinski definition) is 4. The van der Waals surface area contributed by atoms with Gasteiger partial charge in [0.2, 0.25) is 5.91 Å². The van der Waals surface area contributed by atoms with Crippen LogP contribution in [0.1, 0.15) is 32.1 Å². The molecule has 0 bridgehead atoms. The van der Waals surface area contributed by atoms with E-state index in [1.54, 1.807) is 0 Å². The first kappa shape index (κ1) is 17.9. The van der Waals surface area contributed by atoms with Crippen LogP contribution < -0.4 is 5.32 Å². The van der Waals surface area contributed by atoms with Crippen LogP contribution >= 0.6 is 0 Å². The first-order valence-electron chi connectivity index (χ1n) is 8.58. The number of rotatable bonds is 5. The standard InChI is InChI=1S/C18H23N5O3/c1-11(2)23-13-8-6-5-7-12(13)20-15(23)10-19-16(24)9-14-17(25)22(4)18(26)21(14)3/h5-8,11,14H,9-10H2,1-4H3,(H,19,24)/t14-/m0/s1. The number of benzene rings is 1. The van der Waals surface area contributed by atoms with Gasteiger partial charge in [-0.1, -0.05) is 12.1 Å². The minimum Gasteiger partial charge on any atom is -0.349 e. The zero-order valence-corrected chi connectivity index (χ0v) is 15.4. The maximum absolute atomic E-state index is 12.3. The molecule has 138 valence electrons. The van der Waals surface area contributed by atoms with E-state index < -0.39 is 12.1 Å². The Morgan fingerprint density at radius 3 is 2.54 bits per heavy atom. The summed E-state index contributed by atoms with van der Waals surface area (Å²) < 4.78 is 2.08. The third-order valence-corrected chi connectivity index (χ3v) is 4.68. The van der Waals surface area contributed by atoms with E-state index in [9.17, 15) is 14.4 Å². The Morgan fingerprint density at radius 1 is 1.23 bits per heavy atom. The molecule has 1 N–H and O–H groups in total. The molecule has 1 aromatic heterocycles. The summed E-state index contributed by atoms with van der Waals surface area (Å²) in [4.78, 5) is 43.1. The van der Waals surface area contributed by atoms with Crippen molar-refractivity contribution in [2.45, 2.75) is 38.9 Å². The van der Waals surface area contributed by atoms with Crippen molar-refractivity contribution in [2.75, 3.05) is 14.1 Å². The molecule has 0 radical (unpaired) electrons. The molecule has 8 heteroatoms. The van der Waals surface area contributed by atoms with Crippen molar-refractivity contribution >= 4 is 28.9 Å². The predicted octanol–water partition coefficient (Wildman–Crippen LogP) is 1.52. The molecular weight excluding hydrogens is 334 g/mol. The molecule has 26 heavy (non-hydrogen) atoms. The molecule has 1 fully saturated rings. The summed E-state index contributed by atoms with van der Waals surface area (Å²) in [6.07, 6.45) is -0.0622. The lowest BCUT2D eigenvalue weighted by molar-refractivity contribution is -0.131. The van der Waals surface area contributed by atoms with Gasteiger partial charge < -0.3 is 14.8 Å². The summed E-state index contributed by atoms with van der Waals surface area (Å²) in [5.41, 5.74) is 1.90. The van der Waals surface area contributed by atoms with Crippen molar-refractivity contribution in [2.24, 2.45) is 0 Å². The summed E-state index contributed by atoms with van der Waals surface area (Å²) >= 11 is 0. The highest BCUT2D eigenvalue weighted by Crippen LogP contribution is 2.21. The van der Waals surface area contributed by atoms with Gasteiger partial charge in [-0.2, -0.15) is 0 Å². The molecule has 0 unspecified atom stereocenters. The molecule has 1 aromatic carbocycles. The highest BCUT2D eigenvalue weighted by Gasteiger charge is 2.41. The van der Waals surface area contributed by atoms with E-state index in [4.69, 9.17) is 0 Å². The number of para-hydroxylation sites is 2. The molecule has 4 amide bonds. The van der Waals surface area contributed by atoms with Crippen LogP contribution in [0.3, 0.4) is 0 Å². The Hall–Kier alpha value is -2.90. The zero-order valence-electron chi connectivity index (χ0n) is 15.4. The number of urea groups is 1. The molecule has 0 saturated carbocycles. The summed E-state index contributed by atoms with van der Waals surface area (Å²) in [7, 11) is 2.95. The van der Waals surface area contributed by atoms with Crippen LogP contribution in [-0.4, -0.2) is 57.3 Å². The topological polar surface area (TPSA) is 87.5 Å². The van der Waals surface area contributed by atoms with Gasteiger partial charge in [-0.15, -0.1) is 0 Å². The molecule has 1 atom stereocenters. The number of nitrogens with zero attached hydrogens (tertiary/aromatic N) is 4. The van der Waals surface area contributed by atoms with Gasteiger partial charge >= 0.3 is 6.03 Å². The van der Waals surface area contributed by atoms with Gasteiger partial charge in [0, 0.05) is 20.1 Å². The number of imide groups is 1. The first-order chi connectivity index (χ1) is 12.3. The van der Waals surface area contributed by atoms with E-state index >= 15 is 0 Å². The Morgan fingerprint density at radius 2 is 1.92 bits per heavy atom. The van der Waals surface area contributed by atoms with Crippen molar-refractivity contribution in [3.63, 3.8) is 0 Å². The van der Waals surface area contributed by atoms with Gasteiger partial charge in [0.1, 0.15) is 11.9 Å². The third-order valence-electron chi connectivity index (χ3n) is 4.68. The smallest absolute Gasteiger partial charge is 0.326 e. The van der Waals surface area contributed by atoms with Gasteiger partial charge in [0.15, 0.2) is 0 Å². The zero-order chi connectivity index (χ0) is 19.0. The monoisotopic (exact) mass is 357 g/mol. The number of nitrogens with one attached hydrogen (secondary N) is 1. The highest BCUT2D eigenvalue weighted by molar-refractivity contribution is 6.05. The van der Waals surface area contributed by atoms with Crippen molar-refractivity contribution in [1.82, 2.24) is 24.7 Å². The molecule has 1 aliphatic rings. The molecule has 2 aromatic rings. The van der Waals surface area contributed by atoms with E-state index in [1.807, 2.05) is 24.3 Å². The number of amides is 4. The molecule has 1 saturated heterocycles. The first-order valence-corrected chi connectivity index (χ1v) is 8.58. The van der Waals surface area contributed by atoms with Crippen molar-refractivity contribution in [1.29, 1.82) is 0 Å². The molecule has 2 heterocycles. The maximum atomic E-state index is 12.3. The lowest BCUT2D eigenvalue weighted by Crippen LogP contribution is -2.37. The van der Waals surface area contributed by atoms with Crippen molar-refractivity contribution in [3.8, 4) is 0 Å². The van der Waals surface area contributed by atoms with Crippen LogP contribution in [-0.2, 0) is 16.1 Å². The SMILES string of the molecule is CC(C)n1c(CNC(=O)C[C@H]2C(=O)N(C)C(=O)N2C)nc2ccccc21. The minimum atomic E-state index is -0.753. The summed E-state index contributed by atoms with van der Waals surface area (Å²) in [5, 5.41) is 2.82. The van der Waals surface area contributed by atoms with Crippen LogP contribution in [0.25, 0.3) is 11.0 Å². The Labute approximate surface area is 151 Å². The third kappa shape index (κ3) is 3.02. The van der Waals surface area contributed by atoms with E-state index in [1.165, 1.54) is 19.0 Å². The second-order valence-corrected chi connectivity index (χ2v) is 6.77. The molecule has 0 spiro atoms. The Kier molecular flexibility index (Phi) is 4.67. The van der Waals surface area contributed by atoms with Crippen LogP contribution in [0, 0.1) is 0 Å². The summed E-state index contributed by atoms with van der Waals surface area (Å²) in [6.45, 7) is 4.39. The van der Waals surface area contributed by atoms with Crippen LogP contribution in [0.15, 0.2) is 24.3 Å². The maximum Gasteiger partial charge on any atom is 0.326 e. The van der Waals surface area contributed by atoms with Crippen molar-refractivity contribution in [3.05, 3.63) is 30.1 Å². The summed E-state index contributed by atoms with van der Waals surface area (Å²) in [5.74, 6) is 0.108. The Balaban J connectivity index is 1.71. The predicted molar refractivity (Wildman–Crippen MR) is 96.3 cm³/mol. The van der Waals surface area contributed by atoms with Crippen LogP contribution in [0.2, 0.25) is 0 Å². The fourth-order valence-corrected chi connectivity index (χ4v) is 3.30. The Bertz CT molecular complexity index is 873. The molecule has 3 rings (SSSR count). The average molecular weight is 357 g/mol. The number of likely N-dealkylation sites (N-methyl/N-ethyl adjacent to an activating group) is 2. The molecule has 0 aliphatic carbocycles. The lowest BCUT2D eigenvalue weighted by Gasteiger charge is -2.16.